The first kappa shape index (κ1) is 14.9. The van der Waals surface area contributed by atoms with Gasteiger partial charge in [-0.1, -0.05) is 27.2 Å². The molecule has 0 aromatic heterocycles. The molecule has 0 saturated heterocycles. The van der Waals surface area contributed by atoms with Crippen molar-refractivity contribution in [3.05, 3.63) is 0 Å². The molecule has 3 aliphatic rings. The van der Waals surface area contributed by atoms with Crippen LogP contribution in [-0.2, 0) is 0 Å². The summed E-state index contributed by atoms with van der Waals surface area (Å²) < 4.78 is 14.4. The summed E-state index contributed by atoms with van der Waals surface area (Å²) in [5.41, 5.74) is 0. The van der Waals surface area contributed by atoms with Crippen LogP contribution in [0.2, 0.25) is 0 Å². The number of fused-ring (bicyclic) bond motifs is 1. The Bertz CT molecular complexity index is 326. The highest BCUT2D eigenvalue weighted by atomic mass is 19.1. The lowest BCUT2D eigenvalue weighted by Gasteiger charge is -2.47. The van der Waals surface area contributed by atoms with E-state index in [2.05, 4.69) is 20.8 Å². The van der Waals surface area contributed by atoms with Crippen LogP contribution in [0.15, 0.2) is 0 Å². The fourth-order valence-corrected chi connectivity index (χ4v) is 5.85. The van der Waals surface area contributed by atoms with Crippen LogP contribution in [0.25, 0.3) is 0 Å². The molecule has 0 bridgehead atoms. The van der Waals surface area contributed by atoms with Gasteiger partial charge in [0.1, 0.15) is 6.17 Å². The third-order valence-electron chi connectivity index (χ3n) is 7.20. The average molecular weight is 280 g/mol. The Morgan fingerprint density at radius 1 is 0.700 bits per heavy atom. The van der Waals surface area contributed by atoms with Gasteiger partial charge in [0.15, 0.2) is 0 Å². The molecule has 3 aliphatic carbocycles. The van der Waals surface area contributed by atoms with Gasteiger partial charge in [-0.25, -0.2) is 4.39 Å². The first-order valence-electron chi connectivity index (χ1n) is 9.20. The maximum absolute atomic E-state index is 14.4. The molecule has 3 rings (SSSR count). The smallest absolute Gasteiger partial charge is 0.105 e. The first-order chi connectivity index (χ1) is 9.56. The third-order valence-corrected chi connectivity index (χ3v) is 7.20. The second kappa shape index (κ2) is 5.97. The predicted molar refractivity (Wildman–Crippen MR) is 83.3 cm³/mol. The molecule has 0 amide bonds. The van der Waals surface area contributed by atoms with Crippen LogP contribution >= 0.6 is 0 Å². The van der Waals surface area contributed by atoms with Crippen molar-refractivity contribution in [2.24, 2.45) is 41.4 Å². The molecule has 8 atom stereocenters. The van der Waals surface area contributed by atoms with E-state index in [9.17, 15) is 4.39 Å². The van der Waals surface area contributed by atoms with E-state index in [0.29, 0.717) is 17.8 Å². The average Bonchev–Trinajstić information content (AvgIpc) is 2.44. The molecule has 0 nitrogen and oxygen atoms in total. The van der Waals surface area contributed by atoms with Crippen molar-refractivity contribution in [1.82, 2.24) is 0 Å². The molecule has 0 aromatic carbocycles. The Hall–Kier alpha value is -0.0700. The van der Waals surface area contributed by atoms with Crippen molar-refractivity contribution in [2.45, 2.75) is 78.3 Å². The van der Waals surface area contributed by atoms with E-state index >= 15 is 0 Å². The van der Waals surface area contributed by atoms with Crippen molar-refractivity contribution in [2.75, 3.05) is 0 Å². The Kier molecular flexibility index (Phi) is 4.43. The van der Waals surface area contributed by atoms with Crippen LogP contribution in [0.4, 0.5) is 4.39 Å². The number of alkyl halides is 1. The molecule has 3 fully saturated rings. The van der Waals surface area contributed by atoms with Crippen molar-refractivity contribution in [3.8, 4) is 0 Å². The summed E-state index contributed by atoms with van der Waals surface area (Å²) in [6, 6.07) is 0. The third kappa shape index (κ3) is 2.79. The Morgan fingerprint density at radius 2 is 1.35 bits per heavy atom. The molecule has 0 aromatic rings. The van der Waals surface area contributed by atoms with Crippen molar-refractivity contribution in [1.29, 1.82) is 0 Å². The lowest BCUT2D eigenvalue weighted by Crippen LogP contribution is -2.40. The summed E-state index contributed by atoms with van der Waals surface area (Å²) in [5.74, 6) is 5.07. The molecular weight excluding hydrogens is 247 g/mol. The highest BCUT2D eigenvalue weighted by molar-refractivity contribution is 4.92. The number of hydrogen-bond donors (Lipinski definition) is 0. The fourth-order valence-electron chi connectivity index (χ4n) is 5.85. The van der Waals surface area contributed by atoms with Gasteiger partial charge >= 0.3 is 0 Å². The van der Waals surface area contributed by atoms with Crippen LogP contribution in [-0.4, -0.2) is 6.17 Å². The lowest BCUT2D eigenvalue weighted by molar-refractivity contribution is 0.00334. The molecular formula is C19H33F. The number of rotatable bonds is 1. The second-order valence-corrected chi connectivity index (χ2v) is 8.53. The van der Waals surface area contributed by atoms with E-state index in [-0.39, 0.29) is 0 Å². The summed E-state index contributed by atoms with van der Waals surface area (Å²) in [6.45, 7) is 6.73. The van der Waals surface area contributed by atoms with E-state index in [0.717, 1.165) is 30.1 Å². The molecule has 0 aliphatic heterocycles. The summed E-state index contributed by atoms with van der Waals surface area (Å²) >= 11 is 0. The van der Waals surface area contributed by atoms with Crippen LogP contribution in [0.3, 0.4) is 0 Å². The molecule has 1 heteroatoms. The van der Waals surface area contributed by atoms with Crippen molar-refractivity contribution in [3.63, 3.8) is 0 Å². The quantitative estimate of drug-likeness (QED) is 0.564. The van der Waals surface area contributed by atoms with Crippen LogP contribution in [0.5, 0.6) is 0 Å². The van der Waals surface area contributed by atoms with E-state index in [1.165, 1.54) is 44.9 Å². The molecule has 8 unspecified atom stereocenters. The van der Waals surface area contributed by atoms with Gasteiger partial charge in [-0.05, 0) is 86.4 Å². The highest BCUT2D eigenvalue weighted by Crippen LogP contribution is 2.50. The maximum atomic E-state index is 14.4. The van der Waals surface area contributed by atoms with Gasteiger partial charge in [-0.2, -0.15) is 0 Å². The van der Waals surface area contributed by atoms with Gasteiger partial charge in [0.05, 0.1) is 0 Å². The maximum Gasteiger partial charge on any atom is 0.105 e. The van der Waals surface area contributed by atoms with Gasteiger partial charge < -0.3 is 0 Å². The summed E-state index contributed by atoms with van der Waals surface area (Å²) in [6.07, 6.45) is 10.5. The molecule has 116 valence electrons. The summed E-state index contributed by atoms with van der Waals surface area (Å²) in [5, 5.41) is 0. The molecule has 20 heavy (non-hydrogen) atoms. The largest absolute Gasteiger partial charge is 0.247 e. The Balaban J connectivity index is 1.61. The van der Waals surface area contributed by atoms with E-state index < -0.39 is 6.17 Å². The lowest BCUT2D eigenvalue weighted by atomic mass is 9.59. The zero-order valence-electron chi connectivity index (χ0n) is 13.7. The van der Waals surface area contributed by atoms with Gasteiger partial charge in [0, 0.05) is 0 Å². The Morgan fingerprint density at radius 3 is 2.15 bits per heavy atom. The highest BCUT2D eigenvalue weighted by Gasteiger charge is 2.42. The fraction of sp³-hybridized carbons (Fsp3) is 1.00. The van der Waals surface area contributed by atoms with E-state index in [1.54, 1.807) is 0 Å². The summed E-state index contributed by atoms with van der Waals surface area (Å²) in [7, 11) is 0. The van der Waals surface area contributed by atoms with E-state index in [4.69, 9.17) is 0 Å². The molecule has 0 heterocycles. The predicted octanol–water partition coefficient (Wildman–Crippen LogP) is 5.86. The molecule has 3 saturated carbocycles. The second-order valence-electron chi connectivity index (χ2n) is 8.53. The van der Waals surface area contributed by atoms with Crippen LogP contribution in [0, 0.1) is 41.4 Å². The first-order valence-corrected chi connectivity index (χ1v) is 9.20. The SMILES string of the molecule is CC1CCC2CC(C3CCC(C)C(F)C3C)CCC2C1. The minimum atomic E-state index is -0.544. The number of hydrogen-bond acceptors (Lipinski definition) is 0. The number of halogens is 1. The van der Waals surface area contributed by atoms with Gasteiger partial charge in [0.25, 0.3) is 0 Å². The van der Waals surface area contributed by atoms with E-state index in [1.807, 2.05) is 0 Å². The summed E-state index contributed by atoms with van der Waals surface area (Å²) in [4.78, 5) is 0. The monoisotopic (exact) mass is 280 g/mol. The minimum Gasteiger partial charge on any atom is -0.247 e. The standard InChI is InChI=1S/C19H33F/c1-12-4-6-16-11-17(8-7-15(16)10-12)18-9-5-13(2)19(20)14(18)3/h12-19H,4-11H2,1-3H3. The van der Waals surface area contributed by atoms with Crippen LogP contribution in [0.1, 0.15) is 72.1 Å². The zero-order valence-corrected chi connectivity index (χ0v) is 13.7. The molecule has 0 radical (unpaired) electrons. The van der Waals surface area contributed by atoms with Gasteiger partial charge in [-0.3, -0.25) is 0 Å². The van der Waals surface area contributed by atoms with Gasteiger partial charge in [-0.15, -0.1) is 0 Å². The normalized spacial score (nSPS) is 53.4. The van der Waals surface area contributed by atoms with Crippen molar-refractivity contribution < 1.29 is 4.39 Å². The zero-order chi connectivity index (χ0) is 14.3. The Labute approximate surface area is 124 Å². The van der Waals surface area contributed by atoms with Crippen molar-refractivity contribution >= 4 is 0 Å². The topological polar surface area (TPSA) is 0 Å². The molecule has 0 spiro atoms. The molecule has 0 N–H and O–H groups in total. The minimum absolute atomic E-state index is 0.299. The van der Waals surface area contributed by atoms with Crippen LogP contribution < -0.4 is 0 Å². The van der Waals surface area contributed by atoms with Gasteiger partial charge in [0.2, 0.25) is 0 Å².